The van der Waals surface area contributed by atoms with E-state index in [0.29, 0.717) is 11.7 Å². The molecule has 6 nitrogen and oxygen atoms in total. The molecule has 0 unspecified atom stereocenters. The summed E-state index contributed by atoms with van der Waals surface area (Å²) in [7, 11) is 0. The van der Waals surface area contributed by atoms with E-state index in [0.717, 1.165) is 18.4 Å². The number of nitrogens with one attached hydrogen (secondary N) is 1. The van der Waals surface area contributed by atoms with Gasteiger partial charge in [-0.2, -0.15) is 5.10 Å². The monoisotopic (exact) mass is 341 g/mol. The standard InChI is InChI=1S/C19H23N3O3/c1-13(19(24)25)17(14-7-3-2-4-8-14)20-18(23)16-11-12-22(21-16)15-9-5-6-10-15/h2-4,7-8,11-13,15,17H,5-6,9-10H2,1H3,(H,20,23)(H,24,25)/t13-,17+/m0/s1. The summed E-state index contributed by atoms with van der Waals surface area (Å²) in [5.41, 5.74) is 1.09. The molecule has 1 fully saturated rings. The lowest BCUT2D eigenvalue weighted by Crippen LogP contribution is -2.35. The minimum atomic E-state index is -0.953. The van der Waals surface area contributed by atoms with E-state index >= 15 is 0 Å². The number of carboxylic acid groups (broad SMARTS) is 1. The third kappa shape index (κ3) is 3.90. The summed E-state index contributed by atoms with van der Waals surface area (Å²) in [6, 6.07) is 10.6. The number of hydrogen-bond acceptors (Lipinski definition) is 3. The fourth-order valence-corrected chi connectivity index (χ4v) is 3.35. The van der Waals surface area contributed by atoms with E-state index in [2.05, 4.69) is 10.4 Å². The zero-order valence-electron chi connectivity index (χ0n) is 14.3. The fraction of sp³-hybridized carbons (Fsp3) is 0.421. The molecule has 25 heavy (non-hydrogen) atoms. The Hall–Kier alpha value is -2.63. The van der Waals surface area contributed by atoms with Crippen molar-refractivity contribution in [2.24, 2.45) is 5.92 Å². The van der Waals surface area contributed by atoms with Crippen LogP contribution in [-0.4, -0.2) is 26.8 Å². The van der Waals surface area contributed by atoms with Crippen molar-refractivity contribution in [3.63, 3.8) is 0 Å². The van der Waals surface area contributed by atoms with Gasteiger partial charge >= 0.3 is 5.97 Å². The number of amides is 1. The lowest BCUT2D eigenvalue weighted by Gasteiger charge is -2.22. The minimum absolute atomic E-state index is 0.324. The quantitative estimate of drug-likeness (QED) is 0.845. The number of benzene rings is 1. The number of rotatable bonds is 6. The summed E-state index contributed by atoms with van der Waals surface area (Å²) >= 11 is 0. The zero-order chi connectivity index (χ0) is 17.8. The average molecular weight is 341 g/mol. The highest BCUT2D eigenvalue weighted by molar-refractivity contribution is 5.92. The number of aliphatic carboxylic acids is 1. The normalized spacial score (nSPS) is 17.2. The van der Waals surface area contributed by atoms with Crippen molar-refractivity contribution in [3.8, 4) is 0 Å². The highest BCUT2D eigenvalue weighted by atomic mass is 16.4. The number of carbonyl (C=O) groups is 2. The number of nitrogens with zero attached hydrogens (tertiary/aromatic N) is 2. The first-order valence-electron chi connectivity index (χ1n) is 8.70. The van der Waals surface area contributed by atoms with Crippen LogP contribution in [0, 0.1) is 5.92 Å². The molecule has 1 aromatic heterocycles. The molecule has 0 radical (unpaired) electrons. The van der Waals surface area contributed by atoms with Crippen LogP contribution in [0.25, 0.3) is 0 Å². The Morgan fingerprint density at radius 1 is 1.20 bits per heavy atom. The van der Waals surface area contributed by atoms with Crippen LogP contribution in [-0.2, 0) is 4.79 Å². The van der Waals surface area contributed by atoms with Crippen LogP contribution >= 0.6 is 0 Å². The summed E-state index contributed by atoms with van der Waals surface area (Å²) in [6.45, 7) is 1.59. The van der Waals surface area contributed by atoms with Gasteiger partial charge in [-0.3, -0.25) is 14.3 Å². The van der Waals surface area contributed by atoms with E-state index in [1.54, 1.807) is 13.0 Å². The molecule has 2 aromatic rings. The third-order valence-corrected chi connectivity index (χ3v) is 4.87. The molecule has 1 aromatic carbocycles. The lowest BCUT2D eigenvalue weighted by molar-refractivity contribution is -0.142. The summed E-state index contributed by atoms with van der Waals surface area (Å²) in [6.07, 6.45) is 6.40. The minimum Gasteiger partial charge on any atom is -0.481 e. The molecule has 6 heteroatoms. The summed E-state index contributed by atoms with van der Waals surface area (Å²) in [4.78, 5) is 24.0. The average Bonchev–Trinajstić information content (AvgIpc) is 3.30. The fourth-order valence-electron chi connectivity index (χ4n) is 3.35. The second kappa shape index (κ2) is 7.51. The van der Waals surface area contributed by atoms with Gasteiger partial charge in [0.15, 0.2) is 0 Å². The Kier molecular flexibility index (Phi) is 5.16. The molecule has 1 amide bonds. The van der Waals surface area contributed by atoms with Gasteiger partial charge in [-0.1, -0.05) is 43.2 Å². The molecule has 132 valence electrons. The molecule has 0 spiro atoms. The van der Waals surface area contributed by atoms with Crippen molar-refractivity contribution in [2.75, 3.05) is 0 Å². The van der Waals surface area contributed by atoms with Crippen LogP contribution in [0.4, 0.5) is 0 Å². The molecule has 0 saturated heterocycles. The lowest BCUT2D eigenvalue weighted by atomic mass is 9.94. The van der Waals surface area contributed by atoms with Gasteiger partial charge in [0, 0.05) is 6.20 Å². The highest BCUT2D eigenvalue weighted by Crippen LogP contribution is 2.29. The first-order valence-corrected chi connectivity index (χ1v) is 8.70. The molecular formula is C19H23N3O3. The van der Waals surface area contributed by atoms with E-state index in [1.165, 1.54) is 12.8 Å². The Labute approximate surface area is 146 Å². The third-order valence-electron chi connectivity index (χ3n) is 4.87. The van der Waals surface area contributed by atoms with Gasteiger partial charge in [-0.05, 0) is 31.4 Å². The van der Waals surface area contributed by atoms with Crippen molar-refractivity contribution in [1.29, 1.82) is 0 Å². The van der Waals surface area contributed by atoms with E-state index in [1.807, 2.05) is 41.2 Å². The van der Waals surface area contributed by atoms with E-state index in [-0.39, 0.29) is 5.91 Å². The SMILES string of the molecule is C[C@H](C(=O)O)[C@@H](NC(=O)c1ccn(C2CCCC2)n1)c1ccccc1. The molecule has 2 N–H and O–H groups in total. The topological polar surface area (TPSA) is 84.2 Å². The van der Waals surface area contributed by atoms with E-state index in [4.69, 9.17) is 0 Å². The maximum absolute atomic E-state index is 12.6. The smallest absolute Gasteiger partial charge is 0.308 e. The van der Waals surface area contributed by atoms with Crippen LogP contribution in [0.5, 0.6) is 0 Å². The van der Waals surface area contributed by atoms with Gasteiger partial charge in [-0.15, -0.1) is 0 Å². The van der Waals surface area contributed by atoms with Crippen molar-refractivity contribution in [2.45, 2.75) is 44.7 Å². The van der Waals surface area contributed by atoms with Crippen molar-refractivity contribution in [1.82, 2.24) is 15.1 Å². The first-order chi connectivity index (χ1) is 12.1. The van der Waals surface area contributed by atoms with Crippen LogP contribution < -0.4 is 5.32 Å². The first kappa shape index (κ1) is 17.2. The molecule has 0 bridgehead atoms. The largest absolute Gasteiger partial charge is 0.481 e. The molecule has 2 atom stereocenters. The van der Waals surface area contributed by atoms with Gasteiger partial charge in [0.25, 0.3) is 5.91 Å². The molecule has 1 saturated carbocycles. The predicted octanol–water partition coefficient (Wildman–Crippen LogP) is 3.19. The Morgan fingerprint density at radius 3 is 2.52 bits per heavy atom. The number of hydrogen-bond donors (Lipinski definition) is 2. The van der Waals surface area contributed by atoms with E-state index < -0.39 is 17.9 Å². The maximum atomic E-state index is 12.6. The summed E-state index contributed by atoms with van der Waals surface area (Å²) in [5, 5.41) is 16.6. The maximum Gasteiger partial charge on any atom is 0.308 e. The van der Waals surface area contributed by atoms with Gasteiger partial charge in [0.2, 0.25) is 0 Å². The van der Waals surface area contributed by atoms with Crippen LogP contribution in [0.3, 0.4) is 0 Å². The van der Waals surface area contributed by atoms with Gasteiger partial charge in [0.05, 0.1) is 18.0 Å². The Balaban J connectivity index is 1.77. The van der Waals surface area contributed by atoms with Crippen molar-refractivity contribution >= 4 is 11.9 Å². The van der Waals surface area contributed by atoms with Crippen LogP contribution in [0.2, 0.25) is 0 Å². The highest BCUT2D eigenvalue weighted by Gasteiger charge is 2.28. The molecule has 3 rings (SSSR count). The zero-order valence-corrected chi connectivity index (χ0v) is 14.3. The summed E-state index contributed by atoms with van der Waals surface area (Å²) < 4.78 is 1.86. The van der Waals surface area contributed by atoms with E-state index in [9.17, 15) is 14.7 Å². The van der Waals surface area contributed by atoms with Crippen molar-refractivity contribution < 1.29 is 14.7 Å². The second-order valence-corrected chi connectivity index (χ2v) is 6.61. The summed E-state index contributed by atoms with van der Waals surface area (Å²) in [5.74, 6) is -2.05. The van der Waals surface area contributed by atoms with Gasteiger partial charge in [-0.25, -0.2) is 0 Å². The molecular weight excluding hydrogens is 318 g/mol. The van der Waals surface area contributed by atoms with Gasteiger partial charge < -0.3 is 10.4 Å². The molecule has 1 heterocycles. The Morgan fingerprint density at radius 2 is 1.88 bits per heavy atom. The number of carbonyl (C=O) groups excluding carboxylic acids is 1. The van der Waals surface area contributed by atoms with Crippen LogP contribution in [0.1, 0.15) is 60.7 Å². The van der Waals surface area contributed by atoms with Crippen LogP contribution in [0.15, 0.2) is 42.6 Å². The molecule has 0 aliphatic heterocycles. The predicted molar refractivity (Wildman–Crippen MR) is 93.2 cm³/mol. The number of carboxylic acids is 1. The second-order valence-electron chi connectivity index (χ2n) is 6.61. The molecule has 1 aliphatic rings. The van der Waals surface area contributed by atoms with Crippen molar-refractivity contribution in [3.05, 3.63) is 53.9 Å². The molecule has 1 aliphatic carbocycles. The van der Waals surface area contributed by atoms with Gasteiger partial charge in [0.1, 0.15) is 5.69 Å². The Bertz CT molecular complexity index is 735. The number of aromatic nitrogens is 2.